The normalized spacial score (nSPS) is 30.8. The van der Waals surface area contributed by atoms with Crippen LogP contribution in [0, 0.1) is 11.3 Å². The smallest absolute Gasteiger partial charge is 0.235 e. The van der Waals surface area contributed by atoms with Crippen LogP contribution in [0.1, 0.15) is 26.3 Å². The second-order valence-electron chi connectivity index (χ2n) is 6.64. The SMILES string of the molecule is CC1=C[C@]2(C)C=C(C)[C@@]3(OC(c4ccccc4)=C(C#N)C3=N2)C1=O. The van der Waals surface area contributed by atoms with Gasteiger partial charge in [-0.1, -0.05) is 30.3 Å². The zero-order valence-corrected chi connectivity index (χ0v) is 13.8. The summed E-state index contributed by atoms with van der Waals surface area (Å²) in [6.07, 6.45) is 3.80. The topological polar surface area (TPSA) is 62.4 Å². The summed E-state index contributed by atoms with van der Waals surface area (Å²) in [7, 11) is 0. The molecule has 2 bridgehead atoms. The van der Waals surface area contributed by atoms with Crippen LogP contribution >= 0.6 is 0 Å². The van der Waals surface area contributed by atoms with Crippen molar-refractivity contribution in [3.05, 3.63) is 64.8 Å². The van der Waals surface area contributed by atoms with Crippen molar-refractivity contribution in [1.82, 2.24) is 0 Å². The number of carbonyl (C=O) groups excluding carboxylic acids is 1. The van der Waals surface area contributed by atoms with Crippen molar-refractivity contribution >= 4 is 17.3 Å². The zero-order valence-electron chi connectivity index (χ0n) is 13.8. The lowest BCUT2D eigenvalue weighted by molar-refractivity contribution is -0.124. The number of Topliss-reactive ketones (excluding diaryl/α,β-unsaturated/α-hetero) is 1. The maximum atomic E-state index is 13.1. The highest BCUT2D eigenvalue weighted by Crippen LogP contribution is 2.49. The molecule has 4 nitrogen and oxygen atoms in total. The van der Waals surface area contributed by atoms with E-state index in [1.807, 2.05) is 56.3 Å². The summed E-state index contributed by atoms with van der Waals surface area (Å²) >= 11 is 0. The Balaban J connectivity index is 2.02. The average molecular weight is 316 g/mol. The van der Waals surface area contributed by atoms with Gasteiger partial charge in [0.05, 0.1) is 5.54 Å². The Morgan fingerprint density at radius 1 is 1.17 bits per heavy atom. The molecule has 118 valence electrons. The highest BCUT2D eigenvalue weighted by molar-refractivity contribution is 6.33. The van der Waals surface area contributed by atoms with E-state index in [0.29, 0.717) is 22.6 Å². The Labute approximate surface area is 140 Å². The molecule has 0 fully saturated rings. The van der Waals surface area contributed by atoms with Crippen molar-refractivity contribution in [3.63, 3.8) is 0 Å². The number of carbonyl (C=O) groups is 1. The molecular weight excluding hydrogens is 300 g/mol. The predicted molar refractivity (Wildman–Crippen MR) is 91.2 cm³/mol. The van der Waals surface area contributed by atoms with Gasteiger partial charge in [-0.3, -0.25) is 9.79 Å². The van der Waals surface area contributed by atoms with Gasteiger partial charge in [-0.05, 0) is 44.1 Å². The van der Waals surface area contributed by atoms with Gasteiger partial charge in [0.15, 0.2) is 0 Å². The Bertz CT molecular complexity index is 944. The van der Waals surface area contributed by atoms with E-state index >= 15 is 0 Å². The summed E-state index contributed by atoms with van der Waals surface area (Å²) in [6, 6.07) is 11.6. The molecule has 2 atom stereocenters. The predicted octanol–water partition coefficient (Wildman–Crippen LogP) is 3.38. The average Bonchev–Trinajstić information content (AvgIpc) is 2.83. The Morgan fingerprint density at radius 2 is 1.88 bits per heavy atom. The number of nitriles is 1. The van der Waals surface area contributed by atoms with Gasteiger partial charge in [-0.15, -0.1) is 0 Å². The van der Waals surface area contributed by atoms with E-state index in [0.717, 1.165) is 11.1 Å². The molecule has 4 heteroatoms. The van der Waals surface area contributed by atoms with Crippen LogP contribution in [0.25, 0.3) is 5.76 Å². The first-order valence-corrected chi connectivity index (χ1v) is 7.85. The molecule has 3 aliphatic heterocycles. The summed E-state index contributed by atoms with van der Waals surface area (Å²) < 4.78 is 6.22. The highest BCUT2D eigenvalue weighted by atomic mass is 16.5. The molecule has 0 aromatic heterocycles. The third-order valence-electron chi connectivity index (χ3n) is 4.80. The van der Waals surface area contributed by atoms with Gasteiger partial charge >= 0.3 is 0 Å². The number of dihydropyridines is 1. The van der Waals surface area contributed by atoms with E-state index in [4.69, 9.17) is 9.73 Å². The molecule has 5 rings (SSSR count). The number of fused-ring (bicyclic) bond motifs is 1. The van der Waals surface area contributed by atoms with Crippen molar-refractivity contribution in [2.24, 2.45) is 4.99 Å². The fourth-order valence-electron chi connectivity index (χ4n) is 3.84. The molecule has 3 heterocycles. The Hall–Kier alpha value is -2.93. The number of aliphatic imine (C=N–C) groups is 1. The van der Waals surface area contributed by atoms with Crippen molar-refractivity contribution in [1.29, 1.82) is 5.26 Å². The first-order chi connectivity index (χ1) is 11.4. The second-order valence-corrected chi connectivity index (χ2v) is 6.64. The van der Waals surface area contributed by atoms with Crippen LogP contribution in [0.3, 0.4) is 0 Å². The van der Waals surface area contributed by atoms with Crippen LogP contribution in [0.2, 0.25) is 0 Å². The van der Waals surface area contributed by atoms with E-state index in [1.54, 1.807) is 6.92 Å². The van der Waals surface area contributed by atoms with E-state index in [1.165, 1.54) is 0 Å². The maximum absolute atomic E-state index is 13.1. The van der Waals surface area contributed by atoms with Gasteiger partial charge in [0.2, 0.25) is 11.4 Å². The van der Waals surface area contributed by atoms with Crippen LogP contribution in [0.4, 0.5) is 0 Å². The molecule has 4 aliphatic rings. The number of hydrogen-bond acceptors (Lipinski definition) is 4. The van der Waals surface area contributed by atoms with Crippen LogP contribution in [0.15, 0.2) is 64.2 Å². The summed E-state index contributed by atoms with van der Waals surface area (Å²) in [6.45, 7) is 5.59. The van der Waals surface area contributed by atoms with Gasteiger partial charge in [0.1, 0.15) is 23.1 Å². The molecule has 24 heavy (non-hydrogen) atoms. The minimum atomic E-state index is -1.30. The molecule has 1 aliphatic carbocycles. The number of ether oxygens (including phenoxy) is 1. The van der Waals surface area contributed by atoms with Crippen LogP contribution < -0.4 is 0 Å². The standard InChI is InChI=1S/C20H16N2O2/c1-12-9-19(3)10-13(2)20(18(12)23)17(22-19)15(11-21)16(24-20)14-7-5-4-6-8-14/h4-10H,1-3H3/t19-,20+/m1/s1. The molecule has 0 unspecified atom stereocenters. The quantitative estimate of drug-likeness (QED) is 0.746. The first-order valence-electron chi connectivity index (χ1n) is 7.85. The molecule has 0 saturated heterocycles. The maximum Gasteiger partial charge on any atom is 0.235 e. The molecule has 1 aromatic carbocycles. The third kappa shape index (κ3) is 1.67. The van der Waals surface area contributed by atoms with Gasteiger partial charge in [0, 0.05) is 5.56 Å². The lowest BCUT2D eigenvalue weighted by Gasteiger charge is -2.33. The number of rotatable bonds is 1. The van der Waals surface area contributed by atoms with Crippen molar-refractivity contribution in [2.45, 2.75) is 31.9 Å². The largest absolute Gasteiger partial charge is 0.466 e. The molecule has 0 radical (unpaired) electrons. The molecule has 1 spiro atoms. The molecule has 0 amide bonds. The van der Waals surface area contributed by atoms with Gasteiger partial charge in [-0.25, -0.2) is 0 Å². The van der Waals surface area contributed by atoms with E-state index in [2.05, 4.69) is 6.07 Å². The van der Waals surface area contributed by atoms with Gasteiger partial charge < -0.3 is 4.74 Å². The Kier molecular flexibility index (Phi) is 2.77. The number of benzene rings is 1. The Morgan fingerprint density at radius 3 is 2.54 bits per heavy atom. The van der Waals surface area contributed by atoms with Crippen LogP contribution in [-0.4, -0.2) is 22.6 Å². The fraction of sp³-hybridized carbons (Fsp3) is 0.250. The molecule has 0 N–H and O–H groups in total. The lowest BCUT2D eigenvalue weighted by Crippen LogP contribution is -2.49. The number of hydrogen-bond donors (Lipinski definition) is 0. The van der Waals surface area contributed by atoms with Crippen LogP contribution in [0.5, 0.6) is 0 Å². The van der Waals surface area contributed by atoms with Crippen molar-refractivity contribution in [3.8, 4) is 6.07 Å². The summed E-state index contributed by atoms with van der Waals surface area (Å²) in [5.74, 6) is 0.284. The van der Waals surface area contributed by atoms with E-state index < -0.39 is 11.1 Å². The van der Waals surface area contributed by atoms with Gasteiger partial charge in [0.25, 0.3) is 0 Å². The summed E-state index contributed by atoms with van der Waals surface area (Å²) in [5.41, 5.74) is 1.02. The third-order valence-corrected chi connectivity index (χ3v) is 4.80. The number of ketones is 1. The van der Waals surface area contributed by atoms with Crippen LogP contribution in [-0.2, 0) is 9.53 Å². The minimum Gasteiger partial charge on any atom is -0.466 e. The van der Waals surface area contributed by atoms with E-state index in [9.17, 15) is 10.1 Å². The molecule has 1 aromatic rings. The second kappa shape index (κ2) is 4.55. The van der Waals surface area contributed by atoms with Crippen molar-refractivity contribution < 1.29 is 9.53 Å². The van der Waals surface area contributed by atoms with E-state index in [-0.39, 0.29) is 5.78 Å². The summed E-state index contributed by atoms with van der Waals surface area (Å²) in [5, 5.41) is 9.76. The summed E-state index contributed by atoms with van der Waals surface area (Å²) in [4.78, 5) is 17.9. The van der Waals surface area contributed by atoms with Gasteiger partial charge in [-0.2, -0.15) is 5.26 Å². The number of nitrogens with zero attached hydrogens (tertiary/aromatic N) is 2. The molecule has 0 saturated carbocycles. The van der Waals surface area contributed by atoms with Crippen molar-refractivity contribution in [2.75, 3.05) is 0 Å². The lowest BCUT2D eigenvalue weighted by atomic mass is 9.79. The monoisotopic (exact) mass is 316 g/mol. The highest BCUT2D eigenvalue weighted by Gasteiger charge is 2.59. The zero-order chi connectivity index (χ0) is 17.1. The molecular formula is C20H16N2O2. The minimum absolute atomic E-state index is 0.144. The first kappa shape index (κ1) is 14.6. The fourth-order valence-corrected chi connectivity index (χ4v) is 3.84.